The van der Waals surface area contributed by atoms with Crippen LogP contribution in [0.15, 0.2) is 49.2 Å². The van der Waals surface area contributed by atoms with Gasteiger partial charge in [0.15, 0.2) is 5.65 Å². The second kappa shape index (κ2) is 8.35. The van der Waals surface area contributed by atoms with E-state index in [1.807, 2.05) is 42.8 Å². The number of halogens is 1. The topological polar surface area (TPSA) is 84.3 Å². The standard InChI is InChI=1S/C24H27ClN6O2/c1-15-29-24(2,12-21(32)31(15)17-7-9-33-10-8-17)18-5-4-6-19(22(18)25)28-16-11-20-23(26-13-16)30(3)14-27-20/h4-6,11,13-14,17,28-29H,1,7-10,12H2,2-3H3/t24-/m0/s1. The molecule has 0 bridgehead atoms. The molecule has 8 nitrogen and oxygen atoms in total. The van der Waals surface area contributed by atoms with Gasteiger partial charge in [0.05, 0.1) is 40.9 Å². The third-order valence-electron chi connectivity index (χ3n) is 6.46. The van der Waals surface area contributed by atoms with Crippen molar-refractivity contribution in [3.05, 3.63) is 59.8 Å². The van der Waals surface area contributed by atoms with Crippen molar-refractivity contribution in [2.24, 2.45) is 7.05 Å². The van der Waals surface area contributed by atoms with Crippen LogP contribution in [0.25, 0.3) is 11.2 Å². The number of anilines is 2. The maximum absolute atomic E-state index is 13.2. The maximum atomic E-state index is 13.2. The zero-order valence-corrected chi connectivity index (χ0v) is 19.5. The first-order chi connectivity index (χ1) is 15.9. The number of rotatable bonds is 4. The van der Waals surface area contributed by atoms with E-state index < -0.39 is 5.54 Å². The number of hydrogen-bond acceptors (Lipinski definition) is 6. The van der Waals surface area contributed by atoms with Gasteiger partial charge < -0.3 is 19.9 Å². The molecule has 5 rings (SSSR count). The molecule has 2 aliphatic rings. The fourth-order valence-electron chi connectivity index (χ4n) is 4.79. The van der Waals surface area contributed by atoms with Gasteiger partial charge in [-0.05, 0) is 37.5 Å². The third kappa shape index (κ3) is 3.94. The van der Waals surface area contributed by atoms with Gasteiger partial charge in [-0.3, -0.25) is 9.69 Å². The summed E-state index contributed by atoms with van der Waals surface area (Å²) in [5.41, 5.74) is 3.29. The monoisotopic (exact) mass is 466 g/mol. The van der Waals surface area contributed by atoms with Crippen molar-refractivity contribution in [1.29, 1.82) is 0 Å². The summed E-state index contributed by atoms with van der Waals surface area (Å²) in [5.74, 6) is 0.660. The highest BCUT2D eigenvalue weighted by Crippen LogP contribution is 2.40. The normalized spacial score (nSPS) is 22.0. The lowest BCUT2D eigenvalue weighted by atomic mass is 9.85. The van der Waals surface area contributed by atoms with E-state index in [-0.39, 0.29) is 18.4 Å². The molecule has 0 aliphatic carbocycles. The molecule has 0 saturated carbocycles. The van der Waals surface area contributed by atoms with E-state index >= 15 is 0 Å². The lowest BCUT2D eigenvalue weighted by molar-refractivity contribution is -0.137. The van der Waals surface area contributed by atoms with Crippen molar-refractivity contribution in [1.82, 2.24) is 24.8 Å². The zero-order chi connectivity index (χ0) is 23.2. The molecule has 0 spiro atoms. The number of aryl methyl sites for hydroxylation is 1. The van der Waals surface area contributed by atoms with Gasteiger partial charge in [0.25, 0.3) is 0 Å². The smallest absolute Gasteiger partial charge is 0.231 e. The van der Waals surface area contributed by atoms with E-state index in [2.05, 4.69) is 27.2 Å². The van der Waals surface area contributed by atoms with Crippen molar-refractivity contribution in [3.63, 3.8) is 0 Å². The third-order valence-corrected chi connectivity index (χ3v) is 6.87. The molecular formula is C24H27ClN6O2. The van der Waals surface area contributed by atoms with Gasteiger partial charge in [0.1, 0.15) is 11.3 Å². The summed E-state index contributed by atoms with van der Waals surface area (Å²) in [4.78, 5) is 23.9. The molecule has 0 unspecified atom stereocenters. The Kier molecular flexibility index (Phi) is 5.50. The quantitative estimate of drug-likeness (QED) is 0.603. The molecule has 2 fully saturated rings. The van der Waals surface area contributed by atoms with Crippen LogP contribution in [0.1, 0.15) is 31.7 Å². The second-order valence-corrected chi connectivity index (χ2v) is 9.28. The Labute approximate surface area is 197 Å². The summed E-state index contributed by atoms with van der Waals surface area (Å²) < 4.78 is 7.32. The average Bonchev–Trinajstić information content (AvgIpc) is 3.15. The summed E-state index contributed by atoms with van der Waals surface area (Å²) in [6, 6.07) is 7.84. The van der Waals surface area contributed by atoms with Crippen LogP contribution >= 0.6 is 11.6 Å². The Morgan fingerprint density at radius 3 is 2.85 bits per heavy atom. The fourth-order valence-corrected chi connectivity index (χ4v) is 5.17. The highest BCUT2D eigenvalue weighted by molar-refractivity contribution is 6.34. The molecule has 2 N–H and O–H groups in total. The van der Waals surface area contributed by atoms with Gasteiger partial charge in [0, 0.05) is 26.3 Å². The molecule has 33 heavy (non-hydrogen) atoms. The number of carbonyl (C=O) groups excluding carboxylic acids is 1. The molecule has 1 amide bonds. The first-order valence-electron chi connectivity index (χ1n) is 11.1. The van der Waals surface area contributed by atoms with E-state index in [1.54, 1.807) is 17.4 Å². The molecule has 2 aliphatic heterocycles. The number of amides is 1. The lowest BCUT2D eigenvalue weighted by Crippen LogP contribution is -2.57. The van der Waals surface area contributed by atoms with Crippen LogP contribution in [0.2, 0.25) is 5.02 Å². The van der Waals surface area contributed by atoms with Gasteiger partial charge in [0.2, 0.25) is 5.91 Å². The molecule has 4 heterocycles. The number of fused-ring (bicyclic) bond motifs is 1. The number of nitrogens with one attached hydrogen (secondary N) is 2. The van der Waals surface area contributed by atoms with Gasteiger partial charge >= 0.3 is 0 Å². The summed E-state index contributed by atoms with van der Waals surface area (Å²) in [5, 5.41) is 7.38. The van der Waals surface area contributed by atoms with Crippen molar-refractivity contribution in [3.8, 4) is 0 Å². The largest absolute Gasteiger partial charge is 0.381 e. The SMILES string of the molecule is C=C1N[C@](C)(c2cccc(Nc3cnc4c(c3)ncn4C)c2Cl)CC(=O)N1C1CCOCC1. The van der Waals surface area contributed by atoms with Crippen LogP contribution in [0.3, 0.4) is 0 Å². The minimum Gasteiger partial charge on any atom is -0.381 e. The number of imidazole rings is 1. The molecule has 1 aromatic carbocycles. The number of benzene rings is 1. The van der Waals surface area contributed by atoms with Crippen molar-refractivity contribution in [2.45, 2.75) is 37.8 Å². The molecular weight excluding hydrogens is 440 g/mol. The van der Waals surface area contributed by atoms with Gasteiger partial charge in [-0.2, -0.15) is 0 Å². The number of ether oxygens (including phenoxy) is 1. The van der Waals surface area contributed by atoms with Crippen LogP contribution in [-0.4, -0.2) is 44.6 Å². The highest BCUT2D eigenvalue weighted by atomic mass is 35.5. The van der Waals surface area contributed by atoms with E-state index in [0.29, 0.717) is 24.1 Å². The van der Waals surface area contributed by atoms with Gasteiger partial charge in [-0.1, -0.05) is 30.3 Å². The number of carbonyl (C=O) groups is 1. The first-order valence-corrected chi connectivity index (χ1v) is 11.4. The molecule has 9 heteroatoms. The number of nitrogens with zero attached hydrogens (tertiary/aromatic N) is 4. The number of hydrogen-bond donors (Lipinski definition) is 2. The molecule has 1 atom stereocenters. The van der Waals surface area contributed by atoms with Gasteiger partial charge in [-0.15, -0.1) is 0 Å². The molecule has 3 aromatic rings. The predicted octanol–water partition coefficient (Wildman–Crippen LogP) is 4.05. The minimum absolute atomic E-state index is 0.0485. The van der Waals surface area contributed by atoms with Crippen LogP contribution in [0, 0.1) is 0 Å². The summed E-state index contributed by atoms with van der Waals surface area (Å²) >= 11 is 6.87. The Morgan fingerprint density at radius 2 is 2.09 bits per heavy atom. The zero-order valence-electron chi connectivity index (χ0n) is 18.8. The van der Waals surface area contributed by atoms with Crippen LogP contribution < -0.4 is 10.6 Å². The van der Waals surface area contributed by atoms with Crippen LogP contribution in [-0.2, 0) is 22.1 Å². The van der Waals surface area contributed by atoms with Crippen molar-refractivity contribution >= 4 is 40.0 Å². The van der Waals surface area contributed by atoms with Gasteiger partial charge in [-0.25, -0.2) is 9.97 Å². The van der Waals surface area contributed by atoms with Crippen LogP contribution in [0.4, 0.5) is 11.4 Å². The lowest BCUT2D eigenvalue weighted by Gasteiger charge is -2.46. The Morgan fingerprint density at radius 1 is 1.30 bits per heavy atom. The summed E-state index contributed by atoms with van der Waals surface area (Å²) in [6.45, 7) is 7.49. The average molecular weight is 467 g/mol. The highest BCUT2D eigenvalue weighted by Gasteiger charge is 2.42. The second-order valence-electron chi connectivity index (χ2n) is 8.90. The van der Waals surface area contributed by atoms with E-state index in [1.165, 1.54) is 0 Å². The Hall–Kier alpha value is -3.10. The molecule has 172 valence electrons. The molecule has 2 saturated heterocycles. The maximum Gasteiger partial charge on any atom is 0.231 e. The Balaban J connectivity index is 1.40. The van der Waals surface area contributed by atoms with Crippen LogP contribution in [0.5, 0.6) is 0 Å². The fraction of sp³-hybridized carbons (Fsp3) is 0.375. The summed E-state index contributed by atoms with van der Waals surface area (Å²) in [6.07, 6.45) is 5.41. The van der Waals surface area contributed by atoms with E-state index in [9.17, 15) is 4.79 Å². The minimum atomic E-state index is -0.673. The molecule has 0 radical (unpaired) electrons. The number of pyridine rings is 1. The first kappa shape index (κ1) is 21.7. The Bertz CT molecular complexity index is 1210. The van der Waals surface area contributed by atoms with E-state index in [4.69, 9.17) is 16.3 Å². The van der Waals surface area contributed by atoms with Crippen molar-refractivity contribution in [2.75, 3.05) is 18.5 Å². The predicted molar refractivity (Wildman–Crippen MR) is 128 cm³/mol. The number of aromatic nitrogens is 3. The van der Waals surface area contributed by atoms with E-state index in [0.717, 1.165) is 40.9 Å². The summed E-state index contributed by atoms with van der Waals surface area (Å²) in [7, 11) is 1.91. The van der Waals surface area contributed by atoms with Crippen molar-refractivity contribution < 1.29 is 9.53 Å². The molecule has 2 aromatic heterocycles.